The maximum absolute atomic E-state index is 12.6. The van der Waals surface area contributed by atoms with Gasteiger partial charge in [-0.3, -0.25) is 14.6 Å². The Morgan fingerprint density at radius 1 is 1.28 bits per heavy atom. The Bertz CT molecular complexity index is 1190. The molecule has 1 aliphatic carbocycles. The molecular weight excluding hydrogens is 501 g/mol. The van der Waals surface area contributed by atoms with Gasteiger partial charge in [-0.05, 0) is 38.0 Å². The van der Waals surface area contributed by atoms with E-state index in [0.717, 1.165) is 29.2 Å². The van der Waals surface area contributed by atoms with Crippen LogP contribution in [0.2, 0.25) is 10.0 Å². The lowest BCUT2D eigenvalue weighted by molar-refractivity contribution is -0.137. The van der Waals surface area contributed by atoms with E-state index in [1.54, 1.807) is 12.1 Å². The Balaban J connectivity index is 1.51. The number of aliphatic imine (C=N–C) groups is 2. The smallest absolute Gasteiger partial charge is 0.303 e. The molecule has 8 nitrogen and oxygen atoms in total. The van der Waals surface area contributed by atoms with Crippen LogP contribution in [0, 0.1) is 0 Å². The number of nitrogens with zero attached hydrogens (tertiary/aromatic N) is 3. The Kier molecular flexibility index (Phi) is 8.61. The Labute approximate surface area is 220 Å². The fraction of sp³-hybridized carbons (Fsp3) is 0.385. The fourth-order valence-electron chi connectivity index (χ4n) is 4.29. The molecule has 0 fully saturated rings. The molecule has 1 aromatic carbocycles. The second-order valence-corrected chi connectivity index (χ2v) is 9.65. The molecule has 0 saturated carbocycles. The van der Waals surface area contributed by atoms with Crippen molar-refractivity contribution >= 4 is 52.2 Å². The van der Waals surface area contributed by atoms with E-state index >= 15 is 0 Å². The number of benzene rings is 1. The van der Waals surface area contributed by atoms with E-state index in [1.165, 1.54) is 0 Å². The van der Waals surface area contributed by atoms with Gasteiger partial charge in [0.25, 0.3) is 0 Å². The third kappa shape index (κ3) is 6.43. The number of allylic oxidation sites excluding steroid dienone is 1. The van der Waals surface area contributed by atoms with Crippen LogP contribution in [0.1, 0.15) is 31.7 Å². The predicted octanol–water partition coefficient (Wildman–Crippen LogP) is 3.72. The van der Waals surface area contributed by atoms with Crippen LogP contribution in [0.5, 0.6) is 0 Å². The van der Waals surface area contributed by atoms with Crippen molar-refractivity contribution in [2.45, 2.75) is 38.3 Å². The molecule has 2 unspecified atom stereocenters. The Morgan fingerprint density at radius 2 is 2.11 bits per heavy atom. The van der Waals surface area contributed by atoms with Crippen LogP contribution in [-0.2, 0) is 9.59 Å². The summed E-state index contributed by atoms with van der Waals surface area (Å²) >= 11 is 12.5. The van der Waals surface area contributed by atoms with E-state index in [4.69, 9.17) is 38.3 Å². The van der Waals surface area contributed by atoms with Gasteiger partial charge in [0.15, 0.2) is 0 Å². The van der Waals surface area contributed by atoms with Crippen molar-refractivity contribution in [3.05, 3.63) is 63.8 Å². The Hall–Kier alpha value is -2.94. The summed E-state index contributed by atoms with van der Waals surface area (Å²) in [7, 11) is 0. The number of carbonyl (C=O) groups excluding carboxylic acids is 1. The minimum atomic E-state index is -0.868. The standard InChI is InChI=1S/C26H29Cl2N5O3/c1-2-33-14-23(18-9-8-17(27)12-19(18)28)32-24(15-33)22-13-30-21-11-16(5-3-6-20(21)31-22)26(36)29-10-4-7-25(34)35/h3,6,8-9,11-12,14,20-21,30H,2,4-5,7,10,13,15H2,1H3,(H,29,36)(H,34,35). The van der Waals surface area contributed by atoms with E-state index in [-0.39, 0.29) is 24.4 Å². The van der Waals surface area contributed by atoms with E-state index in [1.807, 2.05) is 30.5 Å². The molecule has 0 radical (unpaired) electrons. The first-order valence-corrected chi connectivity index (χ1v) is 12.8. The number of rotatable bonds is 8. The molecule has 2 aliphatic heterocycles. The highest BCUT2D eigenvalue weighted by Crippen LogP contribution is 2.30. The van der Waals surface area contributed by atoms with Gasteiger partial charge in [-0.2, -0.15) is 0 Å². The SMILES string of the molecule is CCN1C=C(c2ccc(Cl)cc2Cl)N=C(C2=NC3C=CCC(C(=O)NCCCC(=O)O)=CC3NC2)C1. The van der Waals surface area contributed by atoms with Gasteiger partial charge in [0.1, 0.15) is 0 Å². The maximum Gasteiger partial charge on any atom is 0.303 e. The highest BCUT2D eigenvalue weighted by molar-refractivity contribution is 6.45. The number of nitrogens with one attached hydrogen (secondary N) is 2. The molecule has 4 rings (SSSR count). The average molecular weight is 530 g/mol. The molecule has 190 valence electrons. The molecule has 0 spiro atoms. The van der Waals surface area contributed by atoms with Gasteiger partial charge in [0.05, 0.1) is 40.8 Å². The first-order valence-electron chi connectivity index (χ1n) is 12.0. The van der Waals surface area contributed by atoms with Crippen LogP contribution >= 0.6 is 23.2 Å². The maximum atomic E-state index is 12.6. The number of hydrogen-bond acceptors (Lipinski definition) is 6. The van der Waals surface area contributed by atoms with E-state index in [9.17, 15) is 9.59 Å². The fourth-order valence-corrected chi connectivity index (χ4v) is 4.79. The number of aliphatic carboxylic acids is 1. The summed E-state index contributed by atoms with van der Waals surface area (Å²) in [5, 5.41) is 16.2. The zero-order chi connectivity index (χ0) is 25.7. The lowest BCUT2D eigenvalue weighted by Crippen LogP contribution is -2.48. The molecule has 3 N–H and O–H groups in total. The van der Waals surface area contributed by atoms with Gasteiger partial charge >= 0.3 is 5.97 Å². The van der Waals surface area contributed by atoms with Crippen LogP contribution < -0.4 is 10.6 Å². The molecule has 0 aromatic heterocycles. The van der Waals surface area contributed by atoms with Gasteiger partial charge < -0.3 is 20.6 Å². The molecule has 1 aromatic rings. The van der Waals surface area contributed by atoms with E-state index in [0.29, 0.717) is 48.1 Å². The van der Waals surface area contributed by atoms with Crippen LogP contribution in [0.25, 0.3) is 5.70 Å². The molecule has 0 bridgehead atoms. The van der Waals surface area contributed by atoms with Crippen molar-refractivity contribution in [1.29, 1.82) is 0 Å². The molecular formula is C26H29Cl2N5O3. The molecule has 1 amide bonds. The van der Waals surface area contributed by atoms with Crippen LogP contribution in [0.3, 0.4) is 0 Å². The van der Waals surface area contributed by atoms with Crippen molar-refractivity contribution < 1.29 is 14.7 Å². The average Bonchev–Trinajstić information content (AvgIpc) is 3.08. The minimum Gasteiger partial charge on any atom is -0.481 e. The first-order chi connectivity index (χ1) is 17.3. The number of carboxylic acids is 1. The zero-order valence-electron chi connectivity index (χ0n) is 20.0. The van der Waals surface area contributed by atoms with Crippen molar-refractivity contribution in [3.63, 3.8) is 0 Å². The summed E-state index contributed by atoms with van der Waals surface area (Å²) in [5.41, 5.74) is 3.99. The summed E-state index contributed by atoms with van der Waals surface area (Å²) in [5.74, 6) is -1.04. The van der Waals surface area contributed by atoms with Crippen molar-refractivity contribution in [2.24, 2.45) is 9.98 Å². The van der Waals surface area contributed by atoms with Gasteiger partial charge in [0.2, 0.25) is 5.91 Å². The van der Waals surface area contributed by atoms with Crippen LogP contribution in [0.4, 0.5) is 0 Å². The van der Waals surface area contributed by atoms with Crippen LogP contribution in [-0.4, -0.2) is 71.6 Å². The number of carbonyl (C=O) groups is 2. The van der Waals surface area contributed by atoms with Crippen molar-refractivity contribution in [1.82, 2.24) is 15.5 Å². The second-order valence-electron chi connectivity index (χ2n) is 8.81. The van der Waals surface area contributed by atoms with Crippen molar-refractivity contribution in [3.8, 4) is 0 Å². The molecule has 36 heavy (non-hydrogen) atoms. The highest BCUT2D eigenvalue weighted by Gasteiger charge is 2.29. The van der Waals surface area contributed by atoms with Crippen molar-refractivity contribution in [2.75, 3.05) is 26.2 Å². The van der Waals surface area contributed by atoms with Gasteiger partial charge in [-0.15, -0.1) is 0 Å². The molecule has 0 saturated heterocycles. The third-order valence-electron chi connectivity index (χ3n) is 6.23. The first kappa shape index (κ1) is 26.1. The summed E-state index contributed by atoms with van der Waals surface area (Å²) < 4.78 is 0. The number of amides is 1. The molecule has 3 aliphatic rings. The zero-order valence-corrected chi connectivity index (χ0v) is 21.5. The summed E-state index contributed by atoms with van der Waals surface area (Å²) in [6.07, 6.45) is 8.84. The number of carboxylic acid groups (broad SMARTS) is 1. The highest BCUT2D eigenvalue weighted by atomic mass is 35.5. The summed E-state index contributed by atoms with van der Waals surface area (Å²) in [6.45, 7) is 4.40. The van der Waals surface area contributed by atoms with Gasteiger partial charge in [0, 0.05) is 48.4 Å². The normalized spacial score (nSPS) is 21.5. The Morgan fingerprint density at radius 3 is 2.86 bits per heavy atom. The lowest BCUT2D eigenvalue weighted by Gasteiger charge is -2.31. The number of halogens is 2. The monoisotopic (exact) mass is 529 g/mol. The third-order valence-corrected chi connectivity index (χ3v) is 6.78. The quantitative estimate of drug-likeness (QED) is 0.351. The number of fused-ring (bicyclic) bond motifs is 1. The second kappa shape index (κ2) is 11.9. The van der Waals surface area contributed by atoms with E-state index in [2.05, 4.69) is 22.5 Å². The predicted molar refractivity (Wildman–Crippen MR) is 144 cm³/mol. The molecule has 2 atom stereocenters. The largest absolute Gasteiger partial charge is 0.481 e. The van der Waals surface area contributed by atoms with Crippen LogP contribution in [0.15, 0.2) is 58.2 Å². The topological polar surface area (TPSA) is 106 Å². The number of hydrogen-bond donors (Lipinski definition) is 3. The summed E-state index contributed by atoms with van der Waals surface area (Å²) in [4.78, 5) is 35.3. The summed E-state index contributed by atoms with van der Waals surface area (Å²) in [6, 6.07) is 5.13. The van der Waals surface area contributed by atoms with Gasteiger partial charge in [-0.1, -0.05) is 41.4 Å². The molecule has 10 heteroatoms. The van der Waals surface area contributed by atoms with Gasteiger partial charge in [-0.25, -0.2) is 4.99 Å². The van der Waals surface area contributed by atoms with E-state index < -0.39 is 5.97 Å². The molecule has 2 heterocycles. The lowest BCUT2D eigenvalue weighted by atomic mass is 10.0. The minimum absolute atomic E-state index is 0.0312.